The van der Waals surface area contributed by atoms with Crippen LogP contribution in [-0.2, 0) is 15.0 Å². The van der Waals surface area contributed by atoms with Crippen molar-refractivity contribution in [2.45, 2.75) is 39.0 Å². The summed E-state index contributed by atoms with van der Waals surface area (Å²) < 4.78 is 10.7. The maximum atomic E-state index is 12.7. The summed E-state index contributed by atoms with van der Waals surface area (Å²) in [6.07, 6.45) is 4.78. The van der Waals surface area contributed by atoms with Crippen LogP contribution in [0.15, 0.2) is 48.5 Å². The highest BCUT2D eigenvalue weighted by Crippen LogP contribution is 2.34. The smallest absolute Gasteiger partial charge is 0.246 e. The highest BCUT2D eigenvalue weighted by Gasteiger charge is 2.27. The summed E-state index contributed by atoms with van der Waals surface area (Å²) in [7, 11) is 0. The van der Waals surface area contributed by atoms with Gasteiger partial charge in [-0.3, -0.25) is 9.59 Å². The molecule has 2 aliphatic rings. The van der Waals surface area contributed by atoms with Gasteiger partial charge in [0.2, 0.25) is 18.6 Å². The second-order valence-electron chi connectivity index (χ2n) is 9.36. The first kappa shape index (κ1) is 21.9. The van der Waals surface area contributed by atoms with E-state index in [2.05, 4.69) is 38.2 Å². The van der Waals surface area contributed by atoms with Crippen LogP contribution < -0.4 is 14.8 Å². The lowest BCUT2D eigenvalue weighted by atomic mass is 9.87. The molecule has 0 atom stereocenters. The number of hydrogen-bond acceptors (Lipinski definition) is 4. The zero-order valence-electron chi connectivity index (χ0n) is 18.9. The molecule has 0 bridgehead atoms. The maximum Gasteiger partial charge on any atom is 0.246 e. The van der Waals surface area contributed by atoms with E-state index in [-0.39, 0.29) is 29.9 Å². The number of carbonyl (C=O) groups excluding carboxylic acids is 2. The molecule has 1 N–H and O–H groups in total. The largest absolute Gasteiger partial charge is 0.454 e. The molecule has 0 spiro atoms. The van der Waals surface area contributed by atoms with Gasteiger partial charge in [-0.05, 0) is 47.6 Å². The van der Waals surface area contributed by atoms with Crippen molar-refractivity contribution in [1.82, 2.24) is 4.90 Å². The Kier molecular flexibility index (Phi) is 6.21. The van der Waals surface area contributed by atoms with Crippen LogP contribution in [0.5, 0.6) is 11.5 Å². The second kappa shape index (κ2) is 9.07. The van der Waals surface area contributed by atoms with Gasteiger partial charge in [0.1, 0.15) is 0 Å². The minimum Gasteiger partial charge on any atom is -0.454 e. The second-order valence-corrected chi connectivity index (χ2v) is 9.36. The van der Waals surface area contributed by atoms with Crippen molar-refractivity contribution < 1.29 is 19.1 Å². The molecule has 0 aliphatic carbocycles. The lowest BCUT2D eigenvalue weighted by molar-refractivity contribution is -0.130. The minimum absolute atomic E-state index is 0.0143. The van der Waals surface area contributed by atoms with E-state index < -0.39 is 0 Å². The molecular weight excluding hydrogens is 404 g/mol. The molecule has 0 radical (unpaired) electrons. The average molecular weight is 435 g/mol. The Morgan fingerprint density at radius 1 is 1.00 bits per heavy atom. The number of nitrogens with one attached hydrogen (secondary N) is 1. The number of piperidine rings is 1. The number of nitrogens with zero attached hydrogens (tertiary/aromatic N) is 1. The summed E-state index contributed by atoms with van der Waals surface area (Å²) in [6, 6.07) is 13.7. The SMILES string of the molecule is CC(C)(C)c1ccc(/C=C/C(=O)N2CCC(C(=O)Nc3ccc4c(c3)OCO4)CC2)cc1. The summed E-state index contributed by atoms with van der Waals surface area (Å²) in [4.78, 5) is 27.0. The van der Waals surface area contributed by atoms with Crippen LogP contribution in [0.2, 0.25) is 0 Å². The van der Waals surface area contributed by atoms with Crippen molar-refractivity contribution in [3.05, 3.63) is 59.7 Å². The van der Waals surface area contributed by atoms with Crippen LogP contribution in [0.3, 0.4) is 0 Å². The van der Waals surface area contributed by atoms with Gasteiger partial charge in [-0.25, -0.2) is 0 Å². The lowest BCUT2D eigenvalue weighted by Gasteiger charge is -2.30. The van der Waals surface area contributed by atoms with Crippen LogP contribution in [-0.4, -0.2) is 36.6 Å². The third kappa shape index (κ3) is 5.13. The third-order valence-corrected chi connectivity index (χ3v) is 6.01. The van der Waals surface area contributed by atoms with E-state index in [1.807, 2.05) is 29.2 Å². The number of hydrogen-bond donors (Lipinski definition) is 1. The quantitative estimate of drug-likeness (QED) is 0.714. The van der Waals surface area contributed by atoms with Gasteiger partial charge in [0.15, 0.2) is 11.5 Å². The van der Waals surface area contributed by atoms with Gasteiger partial charge in [0.25, 0.3) is 0 Å². The number of rotatable bonds is 4. The van der Waals surface area contributed by atoms with Crippen molar-refractivity contribution in [2.75, 3.05) is 25.2 Å². The molecule has 6 nitrogen and oxygen atoms in total. The molecule has 2 amide bonds. The monoisotopic (exact) mass is 434 g/mol. The van der Waals surface area contributed by atoms with Crippen LogP contribution in [0, 0.1) is 5.92 Å². The van der Waals surface area contributed by atoms with Gasteiger partial charge in [-0.1, -0.05) is 45.0 Å². The Hall–Kier alpha value is -3.28. The van der Waals surface area contributed by atoms with E-state index in [4.69, 9.17) is 9.47 Å². The molecule has 168 valence electrons. The van der Waals surface area contributed by atoms with Gasteiger partial charge in [0, 0.05) is 36.8 Å². The predicted molar refractivity (Wildman–Crippen MR) is 125 cm³/mol. The number of carbonyl (C=O) groups is 2. The van der Waals surface area contributed by atoms with E-state index in [1.54, 1.807) is 18.2 Å². The summed E-state index contributed by atoms with van der Waals surface area (Å²) in [5.41, 5.74) is 3.07. The Morgan fingerprint density at radius 2 is 1.69 bits per heavy atom. The van der Waals surface area contributed by atoms with Crippen molar-refractivity contribution in [3.8, 4) is 11.5 Å². The molecule has 2 aromatic carbocycles. The number of anilines is 1. The Balaban J connectivity index is 1.27. The number of amides is 2. The van der Waals surface area contributed by atoms with Gasteiger partial charge in [-0.15, -0.1) is 0 Å². The fourth-order valence-electron chi connectivity index (χ4n) is 3.95. The summed E-state index contributed by atoms with van der Waals surface area (Å²) >= 11 is 0. The lowest BCUT2D eigenvalue weighted by Crippen LogP contribution is -2.40. The average Bonchev–Trinajstić information content (AvgIpc) is 3.25. The molecule has 6 heteroatoms. The van der Waals surface area contributed by atoms with Crippen molar-refractivity contribution in [1.29, 1.82) is 0 Å². The molecular formula is C26H30N2O4. The number of benzene rings is 2. The molecule has 2 aromatic rings. The number of fused-ring (bicyclic) bond motifs is 1. The molecule has 0 aromatic heterocycles. The highest BCUT2D eigenvalue weighted by molar-refractivity contribution is 5.94. The highest BCUT2D eigenvalue weighted by atomic mass is 16.7. The topological polar surface area (TPSA) is 67.9 Å². The van der Waals surface area contributed by atoms with Crippen LogP contribution in [0.25, 0.3) is 6.08 Å². The summed E-state index contributed by atoms with van der Waals surface area (Å²) in [6.45, 7) is 7.90. The van der Waals surface area contributed by atoms with Gasteiger partial charge in [0.05, 0.1) is 0 Å². The Labute approximate surface area is 189 Å². The van der Waals surface area contributed by atoms with Gasteiger partial charge >= 0.3 is 0 Å². The molecule has 1 fully saturated rings. The van der Waals surface area contributed by atoms with Crippen molar-refractivity contribution in [2.24, 2.45) is 5.92 Å². The summed E-state index contributed by atoms with van der Waals surface area (Å²) in [5.74, 6) is 1.18. The number of likely N-dealkylation sites (tertiary alicyclic amines) is 1. The van der Waals surface area contributed by atoms with E-state index in [9.17, 15) is 9.59 Å². The zero-order chi connectivity index (χ0) is 22.7. The van der Waals surface area contributed by atoms with E-state index >= 15 is 0 Å². The molecule has 2 heterocycles. The third-order valence-electron chi connectivity index (χ3n) is 6.01. The first-order valence-corrected chi connectivity index (χ1v) is 11.1. The van der Waals surface area contributed by atoms with Crippen LogP contribution >= 0.6 is 0 Å². The van der Waals surface area contributed by atoms with E-state index in [0.717, 1.165) is 5.56 Å². The van der Waals surface area contributed by atoms with E-state index in [1.165, 1.54) is 5.56 Å². The standard InChI is InChI=1S/C26H30N2O4/c1-26(2,3)20-7-4-18(5-8-20)6-11-24(29)28-14-12-19(13-15-28)25(30)27-21-9-10-22-23(16-21)32-17-31-22/h4-11,16,19H,12-15,17H2,1-3H3,(H,27,30)/b11-6+. The van der Waals surface area contributed by atoms with Crippen LogP contribution in [0.1, 0.15) is 44.7 Å². The molecule has 4 rings (SSSR count). The molecule has 32 heavy (non-hydrogen) atoms. The van der Waals surface area contributed by atoms with Crippen LogP contribution in [0.4, 0.5) is 5.69 Å². The first-order chi connectivity index (χ1) is 15.3. The first-order valence-electron chi connectivity index (χ1n) is 11.1. The number of ether oxygens (including phenoxy) is 2. The Bertz CT molecular complexity index is 1010. The molecule has 2 aliphatic heterocycles. The van der Waals surface area contributed by atoms with Gasteiger partial charge in [-0.2, -0.15) is 0 Å². The van der Waals surface area contributed by atoms with Crippen molar-refractivity contribution >= 4 is 23.6 Å². The fraction of sp³-hybridized carbons (Fsp3) is 0.385. The Morgan fingerprint density at radius 3 is 2.38 bits per heavy atom. The molecule has 1 saturated heterocycles. The van der Waals surface area contributed by atoms with Crippen molar-refractivity contribution in [3.63, 3.8) is 0 Å². The fourth-order valence-corrected chi connectivity index (χ4v) is 3.95. The predicted octanol–water partition coefficient (Wildman–Crippen LogP) is 4.60. The minimum atomic E-state index is -0.113. The van der Waals surface area contributed by atoms with E-state index in [0.29, 0.717) is 43.1 Å². The molecule has 0 unspecified atom stereocenters. The molecule has 0 saturated carbocycles. The normalized spacial score (nSPS) is 16.4. The summed E-state index contributed by atoms with van der Waals surface area (Å²) in [5, 5.41) is 2.96. The van der Waals surface area contributed by atoms with Gasteiger partial charge < -0.3 is 19.7 Å². The maximum absolute atomic E-state index is 12.7. The zero-order valence-corrected chi connectivity index (χ0v) is 18.9.